The molecular formula is C105H88Br2O14S8. The summed E-state index contributed by atoms with van der Waals surface area (Å²) in [6, 6.07) is 111. The molecule has 0 aliphatic heterocycles. The van der Waals surface area contributed by atoms with Crippen molar-refractivity contribution in [2.24, 2.45) is 0 Å². The van der Waals surface area contributed by atoms with Gasteiger partial charge in [-0.05, 0) is 232 Å². The molecule has 0 radical (unpaired) electrons. The number of rotatable bonds is 13. The van der Waals surface area contributed by atoms with Crippen LogP contribution in [0, 0.1) is 48.5 Å². The van der Waals surface area contributed by atoms with Gasteiger partial charge < -0.3 is 30.6 Å². The summed E-state index contributed by atoms with van der Waals surface area (Å²) in [4.78, 5) is 96.1. The van der Waals surface area contributed by atoms with Gasteiger partial charge in [0.1, 0.15) is 0 Å². The lowest BCUT2D eigenvalue weighted by Crippen LogP contribution is -2.00. The number of hydrogen-bond acceptors (Lipinski definition) is 16. The highest BCUT2D eigenvalue weighted by atomic mass is 79.9. The molecule has 0 aliphatic rings. The van der Waals surface area contributed by atoms with Gasteiger partial charge in [-0.25, -0.2) is 28.8 Å². The maximum absolute atomic E-state index is 12.2. The third-order valence-electron chi connectivity index (χ3n) is 18.2. The number of halogens is 2. The summed E-state index contributed by atoms with van der Waals surface area (Å²) in [5.74, 6) is -5.62. The molecule has 0 saturated heterocycles. The molecule has 0 amide bonds. The molecule has 0 saturated carbocycles. The largest absolute Gasteiger partial charge is 0.478 e. The summed E-state index contributed by atoms with van der Waals surface area (Å²) in [5, 5.41) is 56.8. The minimum absolute atomic E-state index is 0.146. The molecule has 0 spiro atoms. The number of carboxylic acids is 6. The third-order valence-corrected chi connectivity index (χ3v) is 28.2. The molecule has 0 bridgehead atoms. The first kappa shape index (κ1) is 102. The Morgan fingerprint density at radius 3 is 0.946 bits per heavy atom. The molecule has 129 heavy (non-hydrogen) atoms. The minimum Gasteiger partial charge on any atom is -0.478 e. The first-order valence-electron chi connectivity index (χ1n) is 39.3. The second-order valence-corrected chi connectivity index (χ2v) is 36.9. The van der Waals surface area contributed by atoms with Crippen LogP contribution in [0.15, 0.2) is 416 Å². The fraction of sp³-hybridized carbons (Fsp3) is 0.0667. The quantitative estimate of drug-likeness (QED) is 0.0303. The zero-order valence-electron chi connectivity index (χ0n) is 70.6. The van der Waals surface area contributed by atoms with Crippen molar-refractivity contribution in [2.75, 3.05) is 0 Å². The molecule has 2 aromatic heterocycles. The first-order chi connectivity index (χ1) is 61.9. The molecule has 17 aromatic rings. The van der Waals surface area contributed by atoms with Gasteiger partial charge in [-0.2, -0.15) is 0 Å². The van der Waals surface area contributed by atoms with Crippen molar-refractivity contribution < 1.29 is 59.4 Å². The third kappa shape index (κ3) is 32.3. The van der Waals surface area contributed by atoms with Crippen LogP contribution in [0.1, 0.15) is 101 Å². The normalized spacial score (nSPS) is 10.1. The number of carboxylic acid groups (broad SMARTS) is 6. The van der Waals surface area contributed by atoms with E-state index in [2.05, 4.69) is 89.2 Å². The molecule has 15 aromatic carbocycles. The summed E-state index contributed by atoms with van der Waals surface area (Å²) in [5.41, 5.74) is 10.4. The van der Waals surface area contributed by atoms with E-state index in [1.54, 1.807) is 126 Å². The Hall–Kier alpha value is -12.0. The molecule has 6 N–H and O–H groups in total. The number of benzene rings is 15. The Kier molecular flexibility index (Phi) is 42.1. The minimum atomic E-state index is -1.000. The van der Waals surface area contributed by atoms with Gasteiger partial charge in [-0.1, -0.05) is 291 Å². The van der Waals surface area contributed by atoms with E-state index in [-0.39, 0.29) is 27.5 Å². The molecule has 24 heteroatoms. The Bertz CT molecular complexity index is 6520. The molecule has 0 fully saturated rings. The highest BCUT2D eigenvalue weighted by Crippen LogP contribution is 2.41. The second kappa shape index (κ2) is 53.1. The standard InChI is InChI=1S/C14H10O4S2.2C14H12O2S.2C14H10OS.C7H5BrO2.C7H7Br.C7H6O2S.C7H8S.C7H8/c15-13(16)9-5-1-3-7-11(9)19-20-12-8-4-2-6-10(12)14(17)18;2*1-10-6-2-4-8-12(10)17-13-9-5-3-7-11(13)14(15)16;1-9-5-4-7-11-13(15)10-6-2-3-8-12(10)16-14(9)11;1-9-6-7-13-11(8-9)14(15)10-4-2-3-5-12(10)16-13;8-6-4-2-1-3-5(6)7(9)10;1-6-4-2-3-5-7(6)8;8-7(9)5-3-1-2-4-6(5)10;1-6-4-2-3-5-7(6)8;1-7-5-3-2-4-6-7/h1-8H,(H,15,16)(H,17,18);2*2-9H,1H3,(H,15,16);2*2-8H,1H3;1-4H,(H,9,10);2-5H,1H3;1-4,10H,(H,8,9);2-5,8H,1H3;2-6H,1H3. The van der Waals surface area contributed by atoms with Crippen molar-refractivity contribution >= 4 is 201 Å². The number of hydrogen-bond donors (Lipinski definition) is 8. The van der Waals surface area contributed by atoms with Gasteiger partial charge in [-0.15, -0.1) is 47.9 Å². The van der Waals surface area contributed by atoms with Gasteiger partial charge in [0.15, 0.2) is 10.9 Å². The SMILES string of the molecule is Cc1ccc2sc3ccccc3c(=O)c2c1.Cc1cccc2c(=O)c3ccccc3sc12.Cc1ccccc1.Cc1ccccc1Br.Cc1ccccc1S.Cc1ccccc1Sc1ccccc1C(=O)O.Cc1ccccc1Sc1ccccc1C(=O)O.O=C(O)c1ccccc1Br.O=C(O)c1ccccc1S.O=C(O)c1ccccc1SSc1ccccc1C(=O)O. The summed E-state index contributed by atoms with van der Waals surface area (Å²) in [6.07, 6.45) is 0. The summed E-state index contributed by atoms with van der Waals surface area (Å²) < 4.78 is 6.08. The number of fused-ring (bicyclic) bond motifs is 4. The van der Waals surface area contributed by atoms with Crippen LogP contribution < -0.4 is 10.9 Å². The van der Waals surface area contributed by atoms with Crippen molar-refractivity contribution in [3.63, 3.8) is 0 Å². The molecule has 0 aliphatic carbocycles. The highest BCUT2D eigenvalue weighted by Gasteiger charge is 2.17. The van der Waals surface area contributed by atoms with Crippen LogP contribution >= 0.6 is 125 Å². The van der Waals surface area contributed by atoms with Crippen molar-refractivity contribution in [3.8, 4) is 0 Å². The van der Waals surface area contributed by atoms with Crippen LogP contribution in [0.2, 0.25) is 0 Å². The molecule has 654 valence electrons. The average molecular weight is 1990 g/mol. The fourth-order valence-electron chi connectivity index (χ4n) is 11.4. The van der Waals surface area contributed by atoms with Crippen LogP contribution in [-0.2, 0) is 0 Å². The number of thiol groups is 2. The number of carbonyl (C=O) groups is 6. The van der Waals surface area contributed by atoms with E-state index in [4.69, 9.17) is 30.6 Å². The summed E-state index contributed by atoms with van der Waals surface area (Å²) in [7, 11) is 2.47. The Labute approximate surface area is 800 Å². The van der Waals surface area contributed by atoms with Gasteiger partial charge >= 0.3 is 35.8 Å². The lowest BCUT2D eigenvalue weighted by molar-refractivity contribution is 0.0682. The Morgan fingerprint density at radius 1 is 0.256 bits per heavy atom. The maximum atomic E-state index is 12.2. The Morgan fingerprint density at radius 2 is 0.574 bits per heavy atom. The monoisotopic (exact) mass is 1990 g/mol. The average Bonchev–Trinajstić information content (AvgIpc) is 0.778. The zero-order valence-corrected chi connectivity index (χ0v) is 80.5. The molecule has 0 unspecified atom stereocenters. The lowest BCUT2D eigenvalue weighted by Gasteiger charge is -2.07. The van der Waals surface area contributed by atoms with Gasteiger partial charge in [0.05, 0.1) is 33.4 Å². The second-order valence-electron chi connectivity index (χ2n) is 27.7. The van der Waals surface area contributed by atoms with Crippen LogP contribution in [0.3, 0.4) is 0 Å². The number of aryl methyl sites for hydroxylation is 7. The topological polar surface area (TPSA) is 258 Å². The lowest BCUT2D eigenvalue weighted by atomic mass is 10.1. The van der Waals surface area contributed by atoms with E-state index in [9.17, 15) is 38.4 Å². The smallest absolute Gasteiger partial charge is 0.336 e. The van der Waals surface area contributed by atoms with E-state index in [1.165, 1.54) is 90.0 Å². The van der Waals surface area contributed by atoms with Crippen molar-refractivity contribution in [2.45, 2.75) is 87.6 Å². The van der Waals surface area contributed by atoms with Crippen molar-refractivity contribution in [1.29, 1.82) is 0 Å². The van der Waals surface area contributed by atoms with E-state index in [0.717, 1.165) is 81.5 Å². The van der Waals surface area contributed by atoms with Gasteiger partial charge in [0.2, 0.25) is 0 Å². The highest BCUT2D eigenvalue weighted by molar-refractivity contribution is 9.10. The van der Waals surface area contributed by atoms with Gasteiger partial charge in [0, 0.05) is 88.5 Å². The summed E-state index contributed by atoms with van der Waals surface area (Å²) >= 11 is 21.0. The number of aromatic carboxylic acids is 6. The fourth-order valence-corrected chi connectivity index (χ4v) is 19.1. The van der Waals surface area contributed by atoms with Crippen LogP contribution in [0.5, 0.6) is 0 Å². The van der Waals surface area contributed by atoms with Gasteiger partial charge in [-0.3, -0.25) is 9.59 Å². The molecule has 14 nitrogen and oxygen atoms in total. The predicted molar refractivity (Wildman–Crippen MR) is 547 cm³/mol. The molecule has 17 rings (SSSR count). The molecule has 0 atom stereocenters. The van der Waals surface area contributed by atoms with Crippen LogP contribution in [-0.4, -0.2) is 66.5 Å². The Balaban J connectivity index is 0.000000180. The van der Waals surface area contributed by atoms with Crippen LogP contribution in [0.4, 0.5) is 0 Å². The molecular weight excluding hydrogens is 1900 g/mol. The zero-order chi connectivity index (χ0) is 93.5. The van der Waals surface area contributed by atoms with E-state index >= 15 is 0 Å². The van der Waals surface area contributed by atoms with E-state index in [0.29, 0.717) is 35.8 Å². The predicted octanol–water partition coefficient (Wildman–Crippen LogP) is 29.9. The first-order valence-corrected chi connectivity index (χ1v) is 47.2. The van der Waals surface area contributed by atoms with Gasteiger partial charge in [0.25, 0.3) is 0 Å². The molecule has 2 heterocycles. The van der Waals surface area contributed by atoms with Crippen molar-refractivity contribution in [1.82, 2.24) is 0 Å². The van der Waals surface area contributed by atoms with Crippen molar-refractivity contribution in [3.05, 3.63) is 460 Å². The summed E-state index contributed by atoms with van der Waals surface area (Å²) in [6.45, 7) is 14.3. The van der Waals surface area contributed by atoms with E-state index in [1.807, 2.05) is 253 Å². The maximum Gasteiger partial charge on any atom is 0.336 e. The van der Waals surface area contributed by atoms with Crippen LogP contribution in [0.25, 0.3) is 40.3 Å². The van der Waals surface area contributed by atoms with E-state index < -0.39 is 35.8 Å².